The summed E-state index contributed by atoms with van der Waals surface area (Å²) in [7, 11) is 0. The first-order valence-electron chi connectivity index (χ1n) is 18.3. The molecule has 2 atom stereocenters. The van der Waals surface area contributed by atoms with Crippen molar-refractivity contribution in [3.8, 4) is 5.75 Å². The zero-order chi connectivity index (χ0) is 46.7. The standard InChI is InChI=1S/C42H31Cl7N8O7/c1-20(58)37(56-54-33-9-22(7-24(44)17-33)39(60)51-31-13-26(46)11-27(47)14-31)41(62)50-30-3-4-35(36(19-30)64-6-5-43)53-42(63)38(21(2)59)57-55-34-10-23(8-25(45)18-34)40(61)52-32-15-28(48)12-29(49)16-32/h3-4,7-19,37-38H,5-6H2,1-2H3,(H,50,62)(H,51,60)(H,52,61)(H,53,63). The van der Waals surface area contributed by atoms with Gasteiger partial charge in [-0.25, -0.2) is 0 Å². The summed E-state index contributed by atoms with van der Waals surface area (Å²) in [5, 5.41) is 27.7. The molecule has 0 spiro atoms. The lowest BCUT2D eigenvalue weighted by atomic mass is 10.1. The number of rotatable bonds is 17. The van der Waals surface area contributed by atoms with Gasteiger partial charge < -0.3 is 26.0 Å². The highest BCUT2D eigenvalue weighted by molar-refractivity contribution is 6.36. The quantitative estimate of drug-likeness (QED) is 0.0402. The van der Waals surface area contributed by atoms with Crippen molar-refractivity contribution in [3.63, 3.8) is 0 Å². The number of hydrogen-bond acceptors (Lipinski definition) is 11. The van der Waals surface area contributed by atoms with Gasteiger partial charge in [-0.05, 0) is 98.8 Å². The van der Waals surface area contributed by atoms with Gasteiger partial charge in [-0.15, -0.1) is 11.6 Å². The Morgan fingerprint density at radius 1 is 0.516 bits per heavy atom. The van der Waals surface area contributed by atoms with E-state index in [9.17, 15) is 28.8 Å². The number of ether oxygens (including phenoxy) is 1. The van der Waals surface area contributed by atoms with Gasteiger partial charge >= 0.3 is 0 Å². The smallest absolute Gasteiger partial charge is 0.258 e. The Morgan fingerprint density at radius 2 is 0.938 bits per heavy atom. The van der Waals surface area contributed by atoms with Gasteiger partial charge in [-0.3, -0.25) is 28.8 Å². The van der Waals surface area contributed by atoms with Crippen LogP contribution in [0.25, 0.3) is 0 Å². The number of hydrogen-bond donors (Lipinski definition) is 4. The molecule has 330 valence electrons. The number of ketones is 2. The van der Waals surface area contributed by atoms with E-state index in [4.69, 9.17) is 85.9 Å². The van der Waals surface area contributed by atoms with Crippen LogP contribution in [-0.2, 0) is 19.2 Å². The molecule has 5 aromatic rings. The minimum Gasteiger partial charge on any atom is -0.490 e. The summed E-state index contributed by atoms with van der Waals surface area (Å²) < 4.78 is 5.72. The molecule has 0 saturated heterocycles. The maximum Gasteiger partial charge on any atom is 0.258 e. The fourth-order valence-electron chi connectivity index (χ4n) is 5.45. The largest absolute Gasteiger partial charge is 0.490 e. The van der Waals surface area contributed by atoms with E-state index in [1.54, 1.807) is 0 Å². The highest BCUT2D eigenvalue weighted by Crippen LogP contribution is 2.31. The summed E-state index contributed by atoms with van der Waals surface area (Å²) in [6.07, 6.45) is 0. The number of halogens is 7. The SMILES string of the molecule is CC(=O)C(N=Nc1cc(Cl)cc(C(=O)Nc2cc(Cl)cc(Cl)c2)c1)C(=O)Nc1ccc(NC(=O)C(N=Nc2cc(Cl)cc(C(=O)Nc3cc(Cl)cc(Cl)c3)c2)C(C)=O)c(OCCCl)c1. The topological polar surface area (TPSA) is 209 Å². The van der Waals surface area contributed by atoms with Crippen molar-refractivity contribution in [2.24, 2.45) is 20.5 Å². The zero-order valence-corrected chi connectivity index (χ0v) is 38.3. The first-order valence-corrected chi connectivity index (χ1v) is 21.1. The van der Waals surface area contributed by atoms with Crippen LogP contribution in [0.3, 0.4) is 0 Å². The lowest BCUT2D eigenvalue weighted by Crippen LogP contribution is -2.32. The lowest BCUT2D eigenvalue weighted by Gasteiger charge is -2.16. The summed E-state index contributed by atoms with van der Waals surface area (Å²) >= 11 is 42.5. The Kier molecular flexibility index (Phi) is 17.6. The molecule has 22 heteroatoms. The molecule has 0 aliphatic heterocycles. The average Bonchev–Trinajstić information content (AvgIpc) is 3.19. The predicted octanol–water partition coefficient (Wildman–Crippen LogP) is 12.1. The molecular formula is C42H31Cl7N8O7. The third-order valence-electron chi connectivity index (χ3n) is 8.22. The molecule has 2 unspecified atom stereocenters. The second kappa shape index (κ2) is 22.8. The molecule has 15 nitrogen and oxygen atoms in total. The fraction of sp³-hybridized carbons (Fsp3) is 0.143. The number of carbonyl (C=O) groups excluding carboxylic acids is 6. The van der Waals surface area contributed by atoms with Crippen LogP contribution >= 0.6 is 81.2 Å². The van der Waals surface area contributed by atoms with E-state index in [0.29, 0.717) is 31.5 Å². The van der Waals surface area contributed by atoms with E-state index in [0.717, 1.165) is 13.8 Å². The van der Waals surface area contributed by atoms with Crippen LogP contribution in [0.15, 0.2) is 111 Å². The Labute approximate surface area is 399 Å². The summed E-state index contributed by atoms with van der Waals surface area (Å²) in [6.45, 7) is 2.22. The van der Waals surface area contributed by atoms with E-state index in [2.05, 4.69) is 41.7 Å². The molecule has 64 heavy (non-hydrogen) atoms. The third kappa shape index (κ3) is 14.4. The zero-order valence-electron chi connectivity index (χ0n) is 33.0. The van der Waals surface area contributed by atoms with E-state index < -0.39 is 47.3 Å². The second-order valence-corrected chi connectivity index (χ2v) is 16.3. The molecule has 0 heterocycles. The van der Waals surface area contributed by atoms with Crippen molar-refractivity contribution < 1.29 is 33.5 Å². The van der Waals surface area contributed by atoms with Crippen molar-refractivity contribution in [1.82, 2.24) is 0 Å². The van der Waals surface area contributed by atoms with E-state index >= 15 is 0 Å². The fourth-order valence-corrected chi connectivity index (χ4v) is 7.04. The molecule has 5 rings (SSSR count). The van der Waals surface area contributed by atoms with Crippen LogP contribution in [0, 0.1) is 0 Å². The normalized spacial score (nSPS) is 12.1. The molecule has 5 aromatic carbocycles. The Bertz CT molecular complexity index is 2680. The van der Waals surface area contributed by atoms with Crippen molar-refractivity contribution in [1.29, 1.82) is 0 Å². The molecule has 0 bridgehead atoms. The molecule has 0 saturated carbocycles. The number of carbonyl (C=O) groups is 6. The number of azo groups is 2. The molecule has 4 N–H and O–H groups in total. The highest BCUT2D eigenvalue weighted by atomic mass is 35.5. The van der Waals surface area contributed by atoms with Gasteiger partial charge in [0.25, 0.3) is 23.6 Å². The van der Waals surface area contributed by atoms with E-state index in [-0.39, 0.29) is 62.2 Å². The van der Waals surface area contributed by atoms with Gasteiger partial charge in [0.15, 0.2) is 11.6 Å². The van der Waals surface area contributed by atoms with Crippen molar-refractivity contribution >= 4 is 151 Å². The Morgan fingerprint density at radius 3 is 1.36 bits per heavy atom. The molecule has 0 radical (unpaired) electrons. The Hall–Kier alpha value is -5.65. The van der Waals surface area contributed by atoms with Crippen LogP contribution in [-0.4, -0.2) is 59.8 Å². The molecule has 0 aromatic heterocycles. The molecule has 4 amide bonds. The van der Waals surface area contributed by atoms with Crippen LogP contribution < -0.4 is 26.0 Å². The predicted molar refractivity (Wildman–Crippen MR) is 250 cm³/mol. The summed E-state index contributed by atoms with van der Waals surface area (Å²) in [5.41, 5.74) is 1.07. The summed E-state index contributed by atoms with van der Waals surface area (Å²) in [4.78, 5) is 78.1. The third-order valence-corrected chi connectivity index (χ3v) is 9.68. The number of nitrogens with one attached hydrogen (secondary N) is 4. The minimum absolute atomic E-state index is 0.0170. The number of nitrogens with zero attached hydrogens (tertiary/aromatic N) is 4. The van der Waals surface area contributed by atoms with Crippen LogP contribution in [0.1, 0.15) is 34.6 Å². The number of benzene rings is 5. The van der Waals surface area contributed by atoms with Crippen LogP contribution in [0.2, 0.25) is 30.1 Å². The van der Waals surface area contributed by atoms with Gasteiger partial charge in [0, 0.05) is 64.4 Å². The summed E-state index contributed by atoms with van der Waals surface area (Å²) in [6, 6.07) is 17.9. The van der Waals surface area contributed by atoms with E-state index in [1.807, 2.05) is 0 Å². The van der Waals surface area contributed by atoms with Crippen molar-refractivity contribution in [3.05, 3.63) is 132 Å². The molecule has 0 aliphatic carbocycles. The molecular weight excluding hydrogens is 977 g/mol. The molecule has 0 aliphatic rings. The maximum atomic E-state index is 13.5. The molecule has 0 fully saturated rings. The lowest BCUT2D eigenvalue weighted by molar-refractivity contribution is -0.127. The van der Waals surface area contributed by atoms with Gasteiger partial charge in [0.2, 0.25) is 12.1 Å². The van der Waals surface area contributed by atoms with Gasteiger partial charge in [0.1, 0.15) is 12.4 Å². The number of alkyl halides is 1. The maximum absolute atomic E-state index is 13.5. The number of Topliss-reactive ketones (excluding diaryl/α,β-unsaturated/α-hetero) is 2. The van der Waals surface area contributed by atoms with Crippen molar-refractivity contribution in [2.75, 3.05) is 33.8 Å². The average molecular weight is 1010 g/mol. The monoisotopic (exact) mass is 1000 g/mol. The second-order valence-electron chi connectivity index (χ2n) is 13.3. The number of anilines is 4. The van der Waals surface area contributed by atoms with Gasteiger partial charge in [-0.2, -0.15) is 20.5 Å². The first-order chi connectivity index (χ1) is 30.4. The van der Waals surface area contributed by atoms with Crippen LogP contribution in [0.4, 0.5) is 34.1 Å². The Balaban J connectivity index is 1.29. The van der Waals surface area contributed by atoms with Gasteiger partial charge in [0.05, 0.1) is 22.9 Å². The van der Waals surface area contributed by atoms with Crippen molar-refractivity contribution in [2.45, 2.75) is 25.9 Å². The number of amides is 4. The minimum atomic E-state index is -1.67. The first kappa shape index (κ1) is 49.4. The van der Waals surface area contributed by atoms with E-state index in [1.165, 1.54) is 91.0 Å². The highest BCUT2D eigenvalue weighted by Gasteiger charge is 2.26. The summed E-state index contributed by atoms with van der Waals surface area (Å²) in [5.74, 6) is -4.26. The van der Waals surface area contributed by atoms with Crippen LogP contribution in [0.5, 0.6) is 5.75 Å². The van der Waals surface area contributed by atoms with Gasteiger partial charge in [-0.1, -0.05) is 69.6 Å².